The van der Waals surface area contributed by atoms with Crippen molar-refractivity contribution < 1.29 is 14.6 Å². The smallest absolute Gasteiger partial charge is 0.395 e. The Bertz CT molecular complexity index is 1030. The summed E-state index contributed by atoms with van der Waals surface area (Å²) >= 11 is 2.17. The van der Waals surface area contributed by atoms with Gasteiger partial charge in [0, 0.05) is 16.7 Å². The maximum Gasteiger partial charge on any atom is 0.449 e. The van der Waals surface area contributed by atoms with Gasteiger partial charge in [0.1, 0.15) is 12.1 Å². The minimum Gasteiger partial charge on any atom is -0.395 e. The summed E-state index contributed by atoms with van der Waals surface area (Å²) in [7, 11) is 0. The maximum atomic E-state index is 14.3. The van der Waals surface area contributed by atoms with Crippen LogP contribution in [-0.2, 0) is 0 Å². The van der Waals surface area contributed by atoms with E-state index < -0.39 is 18.2 Å². The third kappa shape index (κ3) is 4.67. The molecule has 0 amide bonds. The molecular weight excluding hydrogens is 403 g/mol. The molecule has 3 N–H and O–H groups in total. The summed E-state index contributed by atoms with van der Waals surface area (Å²) in [6.07, 6.45) is 3.53. The number of rotatable bonds is 5. The van der Waals surface area contributed by atoms with Crippen molar-refractivity contribution in [3.05, 3.63) is 38.3 Å². The lowest BCUT2D eigenvalue weighted by molar-refractivity contribution is 0.111. The van der Waals surface area contributed by atoms with Crippen molar-refractivity contribution in [3.63, 3.8) is 0 Å². The standard InChI is InChI=1S/C18H19FN4O3S2/c1-9-4-3-5-11(13(9)19)8-27-17-21-15(20-6-12(7-24)10(2)25)14-16(22-17)23-18(26)28-14/h3-5,9-10,12-13,24-25H,7-8H2,1-2H3/p+1/t9?,10-,12?,13?/m0/s1. The molecule has 2 heterocycles. The van der Waals surface area contributed by atoms with Crippen LogP contribution in [0.1, 0.15) is 13.8 Å². The van der Waals surface area contributed by atoms with Crippen molar-refractivity contribution in [2.75, 3.05) is 12.4 Å². The lowest BCUT2D eigenvalue weighted by Crippen LogP contribution is -2.18. The van der Waals surface area contributed by atoms with Gasteiger partial charge in [-0.15, -0.1) is 0 Å². The lowest BCUT2D eigenvalue weighted by Gasteiger charge is -2.19. The van der Waals surface area contributed by atoms with Gasteiger partial charge in [0.15, 0.2) is 16.4 Å². The molecule has 1 aliphatic carbocycles. The second kappa shape index (κ2) is 8.96. The van der Waals surface area contributed by atoms with Crippen molar-refractivity contribution in [2.24, 2.45) is 11.8 Å². The molecule has 3 unspecified atom stereocenters. The van der Waals surface area contributed by atoms with Crippen LogP contribution >= 0.6 is 23.1 Å². The number of aliphatic hydroxyl groups is 2. The monoisotopic (exact) mass is 423 g/mol. The Balaban J connectivity index is 1.90. The molecule has 3 rings (SSSR count). The minimum atomic E-state index is -1.05. The molecule has 0 aromatic carbocycles. The minimum absolute atomic E-state index is 0.178. The molecule has 7 nitrogen and oxygen atoms in total. The third-order valence-corrected chi connectivity index (χ3v) is 6.05. The predicted molar refractivity (Wildman–Crippen MR) is 109 cm³/mol. The van der Waals surface area contributed by atoms with Crippen LogP contribution in [-0.4, -0.2) is 49.8 Å². The van der Waals surface area contributed by atoms with Crippen molar-refractivity contribution in [2.45, 2.75) is 31.3 Å². The summed E-state index contributed by atoms with van der Waals surface area (Å²) in [5, 5.41) is 19.3. The highest BCUT2D eigenvalue weighted by atomic mass is 32.2. The van der Waals surface area contributed by atoms with E-state index in [0.29, 0.717) is 26.8 Å². The predicted octanol–water partition coefficient (Wildman–Crippen LogP) is 2.90. The van der Waals surface area contributed by atoms with Crippen molar-refractivity contribution in [1.82, 2.24) is 15.0 Å². The largest absolute Gasteiger partial charge is 0.449 e. The summed E-state index contributed by atoms with van der Waals surface area (Å²) in [4.78, 5) is 26.9. The van der Waals surface area contributed by atoms with Crippen LogP contribution in [0, 0.1) is 17.9 Å². The first-order valence-electron chi connectivity index (χ1n) is 8.69. The molecule has 10 heteroatoms. The van der Waals surface area contributed by atoms with E-state index in [1.165, 1.54) is 18.7 Å². The highest BCUT2D eigenvalue weighted by Gasteiger charge is 2.25. The number of aromatic nitrogens is 3. The van der Waals surface area contributed by atoms with Gasteiger partial charge in [-0.05, 0) is 12.5 Å². The maximum absolute atomic E-state index is 14.3. The first kappa shape index (κ1) is 20.7. The Hall–Kier alpha value is -2.06. The number of alkyl halides is 1. The fourth-order valence-corrected chi connectivity index (χ4v) is 4.12. The number of hydrogen-bond acceptors (Lipinski definition) is 7. The molecule has 0 radical (unpaired) electrons. The molecule has 28 heavy (non-hydrogen) atoms. The van der Waals surface area contributed by atoms with Gasteiger partial charge in [0.25, 0.3) is 0 Å². The Morgan fingerprint density at radius 3 is 3.00 bits per heavy atom. The molecule has 1 aliphatic rings. The zero-order chi connectivity index (χ0) is 20.3. The fraction of sp³-hybridized carbons (Fsp3) is 0.444. The number of nitrogens with zero attached hydrogens (tertiary/aromatic N) is 3. The van der Waals surface area contributed by atoms with E-state index >= 15 is 0 Å². The topological polar surface area (TPSA) is 103 Å². The summed E-state index contributed by atoms with van der Waals surface area (Å²) in [5.41, 5.74) is 0.988. The van der Waals surface area contributed by atoms with Gasteiger partial charge in [0.2, 0.25) is 0 Å². The Kier molecular flexibility index (Phi) is 6.61. The van der Waals surface area contributed by atoms with Crippen LogP contribution in [0.5, 0.6) is 0 Å². The number of allylic oxidation sites excluding steroid dienone is 3. The van der Waals surface area contributed by atoms with Crippen LogP contribution in [0.15, 0.2) is 33.8 Å². The molecule has 0 saturated heterocycles. The van der Waals surface area contributed by atoms with Crippen molar-refractivity contribution in [3.8, 4) is 6.07 Å². The molecular formula is C18H20FN4O3S2+. The van der Waals surface area contributed by atoms with Gasteiger partial charge in [-0.3, -0.25) is 9.78 Å². The van der Waals surface area contributed by atoms with Gasteiger partial charge >= 0.3 is 15.8 Å². The van der Waals surface area contributed by atoms with Crippen LogP contribution in [0.25, 0.3) is 15.2 Å². The lowest BCUT2D eigenvalue weighted by atomic mass is 9.95. The number of fused-ring (bicyclic) bond motifs is 1. The molecule has 148 valence electrons. The van der Waals surface area contributed by atoms with Gasteiger partial charge in [-0.25, -0.2) is 4.39 Å². The average Bonchev–Trinajstić information content (AvgIpc) is 3.03. The second-order valence-corrected chi connectivity index (χ2v) is 8.39. The molecule has 0 saturated carbocycles. The molecule has 2 aromatic heterocycles. The van der Waals surface area contributed by atoms with E-state index in [1.54, 1.807) is 6.08 Å². The zero-order valence-electron chi connectivity index (χ0n) is 15.3. The highest BCUT2D eigenvalue weighted by molar-refractivity contribution is 7.99. The summed E-state index contributed by atoms with van der Waals surface area (Å²) in [6, 6.07) is 2.67. The SMILES string of the molecule is CC1C=CC=C(CSc2nc([N+]#CC(CO)[C@H](C)O)c3sc(=O)[nH]c3n2)C1F. The van der Waals surface area contributed by atoms with Crippen molar-refractivity contribution >= 4 is 39.3 Å². The van der Waals surface area contributed by atoms with Gasteiger partial charge in [-0.2, -0.15) is 9.83 Å². The van der Waals surface area contributed by atoms with E-state index in [1.807, 2.05) is 19.1 Å². The third-order valence-electron chi connectivity index (χ3n) is 4.27. The van der Waals surface area contributed by atoms with Crippen LogP contribution < -0.4 is 4.87 Å². The van der Waals surface area contributed by atoms with Gasteiger partial charge in [-0.1, -0.05) is 48.3 Å². The molecule has 0 spiro atoms. The van der Waals surface area contributed by atoms with E-state index in [0.717, 1.165) is 11.3 Å². The van der Waals surface area contributed by atoms with E-state index in [-0.39, 0.29) is 23.2 Å². The zero-order valence-corrected chi connectivity index (χ0v) is 16.9. The molecule has 0 bridgehead atoms. The number of thioether (sulfide) groups is 1. The summed E-state index contributed by atoms with van der Waals surface area (Å²) < 4.78 is 14.8. The Morgan fingerprint density at radius 1 is 1.50 bits per heavy atom. The van der Waals surface area contributed by atoms with E-state index in [9.17, 15) is 19.4 Å². The Labute approximate surface area is 168 Å². The Morgan fingerprint density at radius 2 is 2.29 bits per heavy atom. The number of thiazole rings is 1. The number of H-pyrrole nitrogens is 1. The first-order chi connectivity index (χ1) is 13.4. The van der Waals surface area contributed by atoms with Gasteiger partial charge < -0.3 is 10.2 Å². The highest BCUT2D eigenvalue weighted by Crippen LogP contribution is 2.31. The summed E-state index contributed by atoms with van der Waals surface area (Å²) in [6.45, 7) is 3.02. The first-order valence-corrected chi connectivity index (χ1v) is 10.5. The van der Waals surface area contributed by atoms with Crippen LogP contribution in [0.4, 0.5) is 10.2 Å². The number of aromatic amines is 1. The quantitative estimate of drug-likeness (QED) is 0.505. The van der Waals surface area contributed by atoms with E-state index in [2.05, 4.69) is 25.9 Å². The molecule has 0 fully saturated rings. The number of nitrogens with one attached hydrogen (secondary N) is 1. The van der Waals surface area contributed by atoms with Crippen LogP contribution in [0.3, 0.4) is 0 Å². The number of aliphatic hydroxyl groups excluding tert-OH is 2. The normalized spacial score (nSPS) is 21.1. The number of hydrogen-bond donors (Lipinski definition) is 3. The molecule has 0 aliphatic heterocycles. The van der Waals surface area contributed by atoms with Gasteiger partial charge in [0.05, 0.1) is 12.7 Å². The second-order valence-electron chi connectivity index (χ2n) is 6.47. The van der Waals surface area contributed by atoms with Crippen LogP contribution in [0.2, 0.25) is 0 Å². The fourth-order valence-electron chi connectivity index (χ4n) is 2.56. The molecule has 2 aromatic rings. The van der Waals surface area contributed by atoms with E-state index in [4.69, 9.17) is 0 Å². The average molecular weight is 424 g/mol. The number of halogens is 1. The molecule has 4 atom stereocenters. The summed E-state index contributed by atoms with van der Waals surface area (Å²) in [5.74, 6) is -0.263. The van der Waals surface area contributed by atoms with Crippen molar-refractivity contribution in [1.29, 1.82) is 0 Å².